The Morgan fingerprint density at radius 1 is 1.47 bits per heavy atom. The quantitative estimate of drug-likeness (QED) is 0.836. The van der Waals surface area contributed by atoms with Crippen molar-refractivity contribution in [2.45, 2.75) is 45.0 Å². The van der Waals surface area contributed by atoms with Crippen LogP contribution in [-0.2, 0) is 9.47 Å². The van der Waals surface area contributed by atoms with E-state index in [4.69, 9.17) is 14.2 Å². The summed E-state index contributed by atoms with van der Waals surface area (Å²) in [5, 5.41) is 0. The molecule has 2 atom stereocenters. The average Bonchev–Trinajstić information content (AvgIpc) is 2.72. The van der Waals surface area contributed by atoms with Gasteiger partial charge >= 0.3 is 0 Å². The fraction of sp³-hybridized carbons (Fsp3) is 0.600. The Kier molecular flexibility index (Phi) is 4.11. The zero-order chi connectivity index (χ0) is 14.0. The molecule has 0 spiro atoms. The second-order valence-electron chi connectivity index (χ2n) is 5.27. The monoisotopic (exact) mass is 268 g/mol. The summed E-state index contributed by atoms with van der Waals surface area (Å²) in [6.07, 6.45) is 0.853. The lowest BCUT2D eigenvalue weighted by molar-refractivity contribution is -0.141. The number of ether oxygens (including phenoxy) is 3. The van der Waals surface area contributed by atoms with Crippen LogP contribution >= 0.6 is 0 Å². The maximum atomic E-state index is 13.3. The second kappa shape index (κ2) is 5.47. The first kappa shape index (κ1) is 14.3. The highest BCUT2D eigenvalue weighted by molar-refractivity contribution is 5.37. The van der Waals surface area contributed by atoms with Crippen molar-refractivity contribution in [3.05, 3.63) is 29.6 Å². The predicted octanol–water partition coefficient (Wildman–Crippen LogP) is 3.48. The zero-order valence-corrected chi connectivity index (χ0v) is 11.9. The van der Waals surface area contributed by atoms with Crippen molar-refractivity contribution in [1.82, 2.24) is 0 Å². The Bertz CT molecular complexity index is 445. The van der Waals surface area contributed by atoms with Gasteiger partial charge in [-0.3, -0.25) is 0 Å². The van der Waals surface area contributed by atoms with Gasteiger partial charge in [-0.15, -0.1) is 0 Å². The minimum Gasteiger partial charge on any atom is -0.496 e. The SMILES string of the molecule is CC[C@@H](c1ccc(F)cc1OC)[C@@H]1COC(C)(C)O1. The minimum absolute atomic E-state index is 0.0284. The summed E-state index contributed by atoms with van der Waals surface area (Å²) in [5.74, 6) is -0.136. The molecule has 1 aromatic rings. The van der Waals surface area contributed by atoms with Gasteiger partial charge in [-0.05, 0) is 26.3 Å². The Morgan fingerprint density at radius 2 is 2.21 bits per heavy atom. The zero-order valence-electron chi connectivity index (χ0n) is 11.9. The van der Waals surface area contributed by atoms with Crippen molar-refractivity contribution >= 4 is 0 Å². The van der Waals surface area contributed by atoms with Crippen LogP contribution in [0.5, 0.6) is 5.75 Å². The Labute approximate surface area is 113 Å². The molecular weight excluding hydrogens is 247 g/mol. The molecule has 3 nitrogen and oxygen atoms in total. The summed E-state index contributed by atoms with van der Waals surface area (Å²) in [6, 6.07) is 4.65. The maximum Gasteiger partial charge on any atom is 0.163 e. The van der Waals surface area contributed by atoms with E-state index in [0.29, 0.717) is 12.4 Å². The van der Waals surface area contributed by atoms with Gasteiger partial charge in [-0.25, -0.2) is 4.39 Å². The van der Waals surface area contributed by atoms with Crippen molar-refractivity contribution in [2.24, 2.45) is 0 Å². The third kappa shape index (κ3) is 3.07. The number of hydrogen-bond acceptors (Lipinski definition) is 3. The van der Waals surface area contributed by atoms with E-state index in [0.717, 1.165) is 12.0 Å². The first-order chi connectivity index (χ1) is 8.96. The van der Waals surface area contributed by atoms with E-state index in [9.17, 15) is 4.39 Å². The van der Waals surface area contributed by atoms with E-state index in [2.05, 4.69) is 6.92 Å². The molecule has 0 bridgehead atoms. The molecule has 1 heterocycles. The fourth-order valence-electron chi connectivity index (χ4n) is 2.59. The minimum atomic E-state index is -0.550. The van der Waals surface area contributed by atoms with Crippen LogP contribution < -0.4 is 4.74 Å². The molecule has 4 heteroatoms. The largest absolute Gasteiger partial charge is 0.496 e. The molecule has 0 N–H and O–H groups in total. The lowest BCUT2D eigenvalue weighted by atomic mass is 9.90. The summed E-state index contributed by atoms with van der Waals surface area (Å²) < 4.78 is 30.1. The van der Waals surface area contributed by atoms with Crippen molar-refractivity contribution in [3.8, 4) is 5.75 Å². The van der Waals surface area contributed by atoms with Crippen LogP contribution in [0, 0.1) is 5.82 Å². The second-order valence-corrected chi connectivity index (χ2v) is 5.27. The molecule has 1 saturated heterocycles. The Hall–Kier alpha value is -1.13. The van der Waals surface area contributed by atoms with Gasteiger partial charge < -0.3 is 14.2 Å². The number of halogens is 1. The molecule has 0 unspecified atom stereocenters. The van der Waals surface area contributed by atoms with E-state index < -0.39 is 5.79 Å². The van der Waals surface area contributed by atoms with Crippen molar-refractivity contribution in [1.29, 1.82) is 0 Å². The van der Waals surface area contributed by atoms with E-state index in [1.54, 1.807) is 13.2 Å². The van der Waals surface area contributed by atoms with Crippen molar-refractivity contribution < 1.29 is 18.6 Å². The molecule has 1 aliphatic heterocycles. The van der Waals surface area contributed by atoms with Crippen LogP contribution in [-0.4, -0.2) is 25.6 Å². The van der Waals surface area contributed by atoms with Crippen LogP contribution in [0.15, 0.2) is 18.2 Å². The Morgan fingerprint density at radius 3 is 2.74 bits per heavy atom. The van der Waals surface area contributed by atoms with Crippen molar-refractivity contribution in [3.63, 3.8) is 0 Å². The molecule has 0 amide bonds. The highest BCUT2D eigenvalue weighted by Gasteiger charge is 2.38. The highest BCUT2D eigenvalue weighted by atomic mass is 19.1. The molecule has 0 aromatic heterocycles. The maximum absolute atomic E-state index is 13.3. The first-order valence-electron chi connectivity index (χ1n) is 6.62. The summed E-state index contributed by atoms with van der Waals surface area (Å²) in [4.78, 5) is 0. The van der Waals surface area contributed by atoms with Gasteiger partial charge in [-0.1, -0.05) is 13.0 Å². The van der Waals surface area contributed by atoms with Gasteiger partial charge in [0.1, 0.15) is 11.6 Å². The summed E-state index contributed by atoms with van der Waals surface area (Å²) in [5.41, 5.74) is 0.970. The average molecular weight is 268 g/mol. The molecule has 19 heavy (non-hydrogen) atoms. The number of methoxy groups -OCH3 is 1. The molecule has 0 aliphatic carbocycles. The summed E-state index contributed by atoms with van der Waals surface area (Å²) >= 11 is 0. The molecular formula is C15H21FO3. The molecule has 1 aliphatic rings. The van der Waals surface area contributed by atoms with Gasteiger partial charge in [-0.2, -0.15) is 0 Å². The van der Waals surface area contributed by atoms with Gasteiger partial charge in [0.2, 0.25) is 0 Å². The number of benzene rings is 1. The summed E-state index contributed by atoms with van der Waals surface area (Å²) in [7, 11) is 1.56. The smallest absolute Gasteiger partial charge is 0.163 e. The van der Waals surface area contributed by atoms with Gasteiger partial charge in [0.15, 0.2) is 5.79 Å². The van der Waals surface area contributed by atoms with Crippen LogP contribution in [0.2, 0.25) is 0 Å². The lowest BCUT2D eigenvalue weighted by Gasteiger charge is -2.25. The van der Waals surface area contributed by atoms with Gasteiger partial charge in [0, 0.05) is 17.5 Å². The third-order valence-corrected chi connectivity index (χ3v) is 3.51. The predicted molar refractivity (Wildman–Crippen MR) is 70.9 cm³/mol. The molecule has 106 valence electrons. The first-order valence-corrected chi connectivity index (χ1v) is 6.62. The number of hydrogen-bond donors (Lipinski definition) is 0. The van der Waals surface area contributed by atoms with E-state index in [1.807, 2.05) is 13.8 Å². The fourth-order valence-corrected chi connectivity index (χ4v) is 2.59. The van der Waals surface area contributed by atoms with E-state index >= 15 is 0 Å². The van der Waals surface area contributed by atoms with Crippen LogP contribution in [0.1, 0.15) is 38.7 Å². The lowest BCUT2D eigenvalue weighted by Crippen LogP contribution is -2.25. The molecule has 2 rings (SSSR count). The van der Waals surface area contributed by atoms with E-state index in [-0.39, 0.29) is 17.8 Å². The van der Waals surface area contributed by atoms with Crippen LogP contribution in [0.25, 0.3) is 0 Å². The topological polar surface area (TPSA) is 27.7 Å². The van der Waals surface area contributed by atoms with E-state index in [1.165, 1.54) is 12.1 Å². The Balaban J connectivity index is 2.27. The van der Waals surface area contributed by atoms with Gasteiger partial charge in [0.25, 0.3) is 0 Å². The summed E-state index contributed by atoms with van der Waals surface area (Å²) in [6.45, 7) is 6.44. The normalized spacial score (nSPS) is 23.3. The molecule has 0 radical (unpaired) electrons. The van der Waals surface area contributed by atoms with Crippen molar-refractivity contribution in [2.75, 3.05) is 13.7 Å². The van der Waals surface area contributed by atoms with Crippen LogP contribution in [0.3, 0.4) is 0 Å². The standard InChI is InChI=1S/C15H21FO3/c1-5-11(14-9-18-15(2,3)19-14)12-7-6-10(16)8-13(12)17-4/h6-8,11,14H,5,9H2,1-4H3/t11-,14-/m0/s1. The highest BCUT2D eigenvalue weighted by Crippen LogP contribution is 2.38. The van der Waals surface area contributed by atoms with Gasteiger partial charge in [0.05, 0.1) is 19.8 Å². The van der Waals surface area contributed by atoms with Crippen LogP contribution in [0.4, 0.5) is 4.39 Å². The third-order valence-electron chi connectivity index (χ3n) is 3.51. The molecule has 0 saturated carbocycles. The number of rotatable bonds is 4. The molecule has 1 fully saturated rings. The molecule has 1 aromatic carbocycles.